The van der Waals surface area contributed by atoms with Gasteiger partial charge in [0.15, 0.2) is 0 Å². The molecule has 2 aromatic heterocycles. The third-order valence-electron chi connectivity index (χ3n) is 4.55. The van der Waals surface area contributed by atoms with Crippen molar-refractivity contribution in [1.29, 1.82) is 0 Å². The third-order valence-corrected chi connectivity index (χ3v) is 4.55. The number of hydrogen-bond donors (Lipinski definition) is 2. The van der Waals surface area contributed by atoms with Crippen LogP contribution in [0, 0.1) is 6.92 Å². The van der Waals surface area contributed by atoms with Crippen LogP contribution in [0.5, 0.6) is 0 Å². The van der Waals surface area contributed by atoms with E-state index in [2.05, 4.69) is 20.3 Å². The molecule has 0 aliphatic heterocycles. The second-order valence-corrected chi connectivity index (χ2v) is 6.35. The number of carbonyl (C=O) groups is 1. The number of amides is 1. The van der Waals surface area contributed by atoms with Crippen LogP contribution in [-0.4, -0.2) is 20.9 Å². The molecule has 4 rings (SSSR count). The highest BCUT2D eigenvalue weighted by molar-refractivity contribution is 5.96. The molecule has 0 atom stereocenters. The lowest BCUT2D eigenvalue weighted by molar-refractivity contribution is 0.0944. The van der Waals surface area contributed by atoms with E-state index >= 15 is 0 Å². The van der Waals surface area contributed by atoms with Gasteiger partial charge in [0.1, 0.15) is 11.5 Å². The van der Waals surface area contributed by atoms with Gasteiger partial charge in [-0.25, -0.2) is 9.97 Å². The fraction of sp³-hybridized carbons (Fsp3) is 0.316. The van der Waals surface area contributed by atoms with Crippen molar-refractivity contribution in [2.45, 2.75) is 39.2 Å². The van der Waals surface area contributed by atoms with Crippen molar-refractivity contribution in [3.8, 4) is 0 Å². The molecule has 0 bridgehead atoms. The molecule has 1 amide bonds. The Balaban J connectivity index is 1.52. The van der Waals surface area contributed by atoms with Crippen molar-refractivity contribution in [2.24, 2.45) is 0 Å². The molecule has 0 radical (unpaired) electrons. The Labute approximate surface area is 140 Å². The molecule has 0 fully saturated rings. The Morgan fingerprint density at radius 3 is 2.92 bits per heavy atom. The molecule has 0 unspecified atom stereocenters. The number of pyridine rings is 1. The first-order chi connectivity index (χ1) is 11.7. The number of carbonyl (C=O) groups excluding carboxylic acids is 1. The molecule has 1 aromatic carbocycles. The highest BCUT2D eigenvalue weighted by atomic mass is 16.1. The molecule has 1 aliphatic rings. The Morgan fingerprint density at radius 2 is 2.04 bits per heavy atom. The third kappa shape index (κ3) is 2.77. The van der Waals surface area contributed by atoms with Crippen molar-refractivity contribution in [2.75, 3.05) is 0 Å². The van der Waals surface area contributed by atoms with Crippen LogP contribution in [0.4, 0.5) is 0 Å². The number of para-hydroxylation sites is 1. The van der Waals surface area contributed by atoms with E-state index in [0.717, 1.165) is 40.8 Å². The summed E-state index contributed by atoms with van der Waals surface area (Å²) in [5.41, 5.74) is 4.58. The van der Waals surface area contributed by atoms with Gasteiger partial charge in [0.25, 0.3) is 5.91 Å². The fourth-order valence-corrected chi connectivity index (χ4v) is 3.30. The van der Waals surface area contributed by atoms with Crippen LogP contribution < -0.4 is 5.32 Å². The summed E-state index contributed by atoms with van der Waals surface area (Å²) in [4.78, 5) is 25.0. The van der Waals surface area contributed by atoms with Crippen molar-refractivity contribution in [3.63, 3.8) is 0 Å². The minimum Gasteiger partial charge on any atom is -0.344 e. The number of nitrogens with zero attached hydrogens (tertiary/aromatic N) is 2. The number of imidazole rings is 1. The Hall–Kier alpha value is -2.69. The Kier molecular flexibility index (Phi) is 3.76. The topological polar surface area (TPSA) is 70.7 Å². The summed E-state index contributed by atoms with van der Waals surface area (Å²) < 4.78 is 0. The fourth-order valence-electron chi connectivity index (χ4n) is 3.30. The van der Waals surface area contributed by atoms with Gasteiger partial charge in [0.2, 0.25) is 0 Å². The molecule has 5 nitrogen and oxygen atoms in total. The van der Waals surface area contributed by atoms with Crippen molar-refractivity contribution in [3.05, 3.63) is 58.8 Å². The highest BCUT2D eigenvalue weighted by Gasteiger charge is 2.16. The lowest BCUT2D eigenvalue weighted by atomic mass is 10.0. The lowest BCUT2D eigenvalue weighted by Crippen LogP contribution is -2.25. The summed E-state index contributed by atoms with van der Waals surface area (Å²) >= 11 is 0. The zero-order valence-corrected chi connectivity index (χ0v) is 13.7. The van der Waals surface area contributed by atoms with E-state index in [0.29, 0.717) is 12.2 Å². The highest BCUT2D eigenvalue weighted by Crippen LogP contribution is 2.19. The van der Waals surface area contributed by atoms with E-state index in [9.17, 15) is 4.79 Å². The first kappa shape index (κ1) is 14.9. The van der Waals surface area contributed by atoms with E-state index in [1.54, 1.807) is 0 Å². The summed E-state index contributed by atoms with van der Waals surface area (Å²) in [5, 5.41) is 3.98. The van der Waals surface area contributed by atoms with Gasteiger partial charge in [-0.2, -0.15) is 0 Å². The van der Waals surface area contributed by atoms with E-state index in [-0.39, 0.29) is 5.91 Å². The van der Waals surface area contributed by atoms with Crippen LogP contribution in [-0.2, 0) is 19.4 Å². The first-order valence-corrected chi connectivity index (χ1v) is 8.42. The molecule has 0 saturated heterocycles. The van der Waals surface area contributed by atoms with Crippen LogP contribution in [0.3, 0.4) is 0 Å². The van der Waals surface area contributed by atoms with Gasteiger partial charge in [-0.15, -0.1) is 0 Å². The SMILES string of the molecule is Cc1cc2ccccc2nc1C(=O)NCc1nc2c([nH]1)CCCC2. The summed E-state index contributed by atoms with van der Waals surface area (Å²) in [5.74, 6) is 0.668. The number of hydrogen-bond acceptors (Lipinski definition) is 3. The lowest BCUT2D eigenvalue weighted by Gasteiger charge is -2.07. The first-order valence-electron chi connectivity index (χ1n) is 8.42. The number of benzene rings is 1. The zero-order valence-electron chi connectivity index (χ0n) is 13.7. The summed E-state index contributed by atoms with van der Waals surface area (Å²) in [6, 6.07) is 9.83. The monoisotopic (exact) mass is 320 g/mol. The number of rotatable bonds is 3. The second-order valence-electron chi connectivity index (χ2n) is 6.35. The molecule has 24 heavy (non-hydrogen) atoms. The van der Waals surface area contributed by atoms with Crippen LogP contribution >= 0.6 is 0 Å². The maximum absolute atomic E-state index is 12.5. The molecule has 1 aliphatic carbocycles. The van der Waals surface area contributed by atoms with Gasteiger partial charge in [-0.05, 0) is 50.3 Å². The average molecular weight is 320 g/mol. The number of fused-ring (bicyclic) bond motifs is 2. The van der Waals surface area contributed by atoms with Crippen LogP contribution in [0.2, 0.25) is 0 Å². The van der Waals surface area contributed by atoms with Crippen molar-refractivity contribution >= 4 is 16.8 Å². The predicted octanol–water partition coefficient (Wildman–Crippen LogP) is 3.08. The zero-order chi connectivity index (χ0) is 16.5. The van der Waals surface area contributed by atoms with E-state index in [1.807, 2.05) is 37.3 Å². The summed E-state index contributed by atoms with van der Waals surface area (Å²) in [7, 11) is 0. The number of nitrogens with one attached hydrogen (secondary N) is 2. The van der Waals surface area contributed by atoms with E-state index < -0.39 is 0 Å². The minimum absolute atomic E-state index is 0.160. The standard InChI is InChI=1S/C19H20N4O/c1-12-10-13-6-2-3-7-14(13)23-18(12)19(24)20-11-17-21-15-8-4-5-9-16(15)22-17/h2-3,6-7,10H,4-5,8-9,11H2,1H3,(H,20,24)(H,21,22). The number of aryl methyl sites for hydroxylation is 3. The van der Waals surface area contributed by atoms with E-state index in [1.165, 1.54) is 18.5 Å². The van der Waals surface area contributed by atoms with Gasteiger partial charge in [-0.3, -0.25) is 4.79 Å². The quantitative estimate of drug-likeness (QED) is 0.779. The Bertz CT molecular complexity index is 889. The molecule has 2 N–H and O–H groups in total. The largest absolute Gasteiger partial charge is 0.344 e. The maximum Gasteiger partial charge on any atom is 0.270 e. The van der Waals surface area contributed by atoms with Crippen molar-refractivity contribution < 1.29 is 4.79 Å². The van der Waals surface area contributed by atoms with E-state index in [4.69, 9.17) is 0 Å². The molecule has 3 aromatic rings. The van der Waals surface area contributed by atoms with Gasteiger partial charge in [-0.1, -0.05) is 18.2 Å². The normalized spacial score (nSPS) is 13.7. The molecular formula is C19H20N4O. The molecule has 2 heterocycles. The molecule has 5 heteroatoms. The molecule has 0 spiro atoms. The Morgan fingerprint density at radius 1 is 1.21 bits per heavy atom. The van der Waals surface area contributed by atoms with Gasteiger partial charge >= 0.3 is 0 Å². The van der Waals surface area contributed by atoms with Crippen LogP contribution in [0.25, 0.3) is 10.9 Å². The molecule has 0 saturated carbocycles. The maximum atomic E-state index is 12.5. The van der Waals surface area contributed by atoms with Crippen molar-refractivity contribution in [1.82, 2.24) is 20.3 Å². The van der Waals surface area contributed by atoms with Crippen LogP contribution in [0.15, 0.2) is 30.3 Å². The molecular weight excluding hydrogens is 300 g/mol. The summed E-state index contributed by atoms with van der Waals surface area (Å²) in [6.07, 6.45) is 4.50. The second kappa shape index (κ2) is 6.07. The van der Waals surface area contributed by atoms with Gasteiger partial charge in [0.05, 0.1) is 17.8 Å². The molecule has 122 valence electrons. The number of H-pyrrole nitrogens is 1. The van der Waals surface area contributed by atoms with Crippen LogP contribution in [0.1, 0.15) is 46.1 Å². The van der Waals surface area contributed by atoms with Gasteiger partial charge in [0, 0.05) is 11.1 Å². The smallest absolute Gasteiger partial charge is 0.270 e. The summed E-state index contributed by atoms with van der Waals surface area (Å²) in [6.45, 7) is 2.32. The number of aromatic amines is 1. The predicted molar refractivity (Wildman–Crippen MR) is 92.9 cm³/mol. The minimum atomic E-state index is -0.160. The van der Waals surface area contributed by atoms with Gasteiger partial charge < -0.3 is 10.3 Å². The number of aromatic nitrogens is 3. The average Bonchev–Trinajstić information content (AvgIpc) is 3.02.